The van der Waals surface area contributed by atoms with Gasteiger partial charge in [-0.2, -0.15) is 4.98 Å². The van der Waals surface area contributed by atoms with Crippen molar-refractivity contribution >= 4 is 28.9 Å². The van der Waals surface area contributed by atoms with Crippen LogP contribution in [0.3, 0.4) is 0 Å². The Labute approximate surface area is 192 Å². The van der Waals surface area contributed by atoms with Crippen molar-refractivity contribution in [3.63, 3.8) is 0 Å². The molecule has 0 bridgehead atoms. The molecule has 0 spiro atoms. The van der Waals surface area contributed by atoms with E-state index in [-0.39, 0.29) is 60.2 Å². The van der Waals surface area contributed by atoms with Gasteiger partial charge in [0.1, 0.15) is 23.0 Å². The first-order chi connectivity index (χ1) is 16.4. The number of aromatic nitrogens is 3. The van der Waals surface area contributed by atoms with Crippen molar-refractivity contribution in [3.8, 4) is 11.3 Å². The predicted molar refractivity (Wildman–Crippen MR) is 117 cm³/mol. The lowest BCUT2D eigenvalue weighted by Crippen LogP contribution is -2.10. The summed E-state index contributed by atoms with van der Waals surface area (Å²) in [5.41, 5.74) is 6.95. The monoisotopic (exact) mass is 468 g/mol. The third-order valence-corrected chi connectivity index (χ3v) is 4.87. The van der Waals surface area contributed by atoms with Crippen LogP contribution in [0, 0.1) is 12.7 Å². The highest BCUT2D eigenvalue weighted by Crippen LogP contribution is 2.29. The quantitative estimate of drug-likeness (QED) is 0.380. The van der Waals surface area contributed by atoms with Gasteiger partial charge in [0, 0.05) is 12.0 Å². The number of carbonyl (C=O) groups excluding carboxylic acids is 2. The molecule has 0 unspecified atom stereocenters. The number of ether oxygens (including phenoxy) is 2. The lowest BCUT2D eigenvalue weighted by Gasteiger charge is -2.05. The number of fused-ring (bicyclic) bond motifs is 1. The Balaban J connectivity index is 1.36. The van der Waals surface area contributed by atoms with Crippen LogP contribution in [0.2, 0.25) is 0 Å². The SMILES string of the molecule is CCOC(=O)c1c(C)oc2nc(COC(=O)CCc3ncc(-c4ccc(F)cc4)o3)nc(N)c12. The number of nitrogen functional groups attached to an aromatic ring is 1. The maximum atomic E-state index is 13.1. The van der Waals surface area contributed by atoms with Gasteiger partial charge in [-0.1, -0.05) is 0 Å². The van der Waals surface area contributed by atoms with E-state index in [1.54, 1.807) is 26.0 Å². The molecule has 0 aliphatic rings. The molecule has 11 heteroatoms. The van der Waals surface area contributed by atoms with Gasteiger partial charge in [0.15, 0.2) is 24.1 Å². The Morgan fingerprint density at radius 3 is 2.62 bits per heavy atom. The highest BCUT2D eigenvalue weighted by Gasteiger charge is 2.24. The summed E-state index contributed by atoms with van der Waals surface area (Å²) in [7, 11) is 0. The fourth-order valence-electron chi connectivity index (χ4n) is 3.30. The average molecular weight is 468 g/mol. The number of halogens is 1. The smallest absolute Gasteiger partial charge is 0.342 e. The topological polar surface area (TPSA) is 144 Å². The second-order valence-electron chi connectivity index (χ2n) is 7.24. The molecule has 34 heavy (non-hydrogen) atoms. The summed E-state index contributed by atoms with van der Waals surface area (Å²) in [6, 6.07) is 5.80. The van der Waals surface area contributed by atoms with Crippen molar-refractivity contribution in [1.82, 2.24) is 15.0 Å². The van der Waals surface area contributed by atoms with E-state index in [1.807, 2.05) is 0 Å². The van der Waals surface area contributed by atoms with E-state index in [0.717, 1.165) is 0 Å². The summed E-state index contributed by atoms with van der Waals surface area (Å²) in [6.45, 7) is 3.24. The second kappa shape index (κ2) is 9.69. The maximum absolute atomic E-state index is 13.1. The van der Waals surface area contributed by atoms with Crippen LogP contribution in [0.15, 0.2) is 39.3 Å². The molecule has 2 N–H and O–H groups in total. The molecule has 0 aliphatic heterocycles. The van der Waals surface area contributed by atoms with Gasteiger partial charge in [-0.25, -0.2) is 19.2 Å². The molecular formula is C23H21FN4O6. The molecule has 3 heterocycles. The molecule has 0 saturated carbocycles. The summed E-state index contributed by atoms with van der Waals surface area (Å²) >= 11 is 0. The van der Waals surface area contributed by atoms with E-state index < -0.39 is 11.9 Å². The Kier molecular flexibility index (Phi) is 6.53. The molecule has 0 atom stereocenters. The van der Waals surface area contributed by atoms with Crippen molar-refractivity contribution in [2.75, 3.05) is 12.3 Å². The van der Waals surface area contributed by atoms with Crippen LogP contribution >= 0.6 is 0 Å². The number of nitrogens with two attached hydrogens (primary N) is 1. The number of aryl methyl sites for hydroxylation is 2. The fourth-order valence-corrected chi connectivity index (χ4v) is 3.30. The van der Waals surface area contributed by atoms with E-state index in [4.69, 9.17) is 24.0 Å². The highest BCUT2D eigenvalue weighted by molar-refractivity contribution is 6.07. The van der Waals surface area contributed by atoms with Gasteiger partial charge in [0.2, 0.25) is 5.71 Å². The number of esters is 2. The predicted octanol–water partition coefficient (Wildman–Crippen LogP) is 3.76. The summed E-state index contributed by atoms with van der Waals surface area (Å²) in [5, 5.41) is 0.256. The number of hydrogen-bond donors (Lipinski definition) is 1. The molecule has 4 aromatic rings. The number of benzene rings is 1. The lowest BCUT2D eigenvalue weighted by molar-refractivity contribution is -0.145. The standard InChI is InChI=1S/C23H21FN4O6/c1-3-31-23(30)19-12(2)33-22-20(19)21(25)27-16(28-22)11-32-18(29)9-8-17-26-10-15(34-17)13-4-6-14(24)7-5-13/h4-7,10H,3,8-9,11H2,1-2H3,(H2,25,27,28). The summed E-state index contributed by atoms with van der Waals surface area (Å²) in [5.74, 6) is -0.199. The minimum atomic E-state index is -0.581. The molecule has 0 radical (unpaired) electrons. The van der Waals surface area contributed by atoms with E-state index in [1.165, 1.54) is 18.3 Å². The van der Waals surface area contributed by atoms with Crippen LogP contribution < -0.4 is 5.73 Å². The molecule has 10 nitrogen and oxygen atoms in total. The van der Waals surface area contributed by atoms with Gasteiger partial charge >= 0.3 is 11.9 Å². The molecule has 0 fully saturated rings. The fraction of sp³-hybridized carbons (Fsp3) is 0.261. The largest absolute Gasteiger partial charge is 0.462 e. The maximum Gasteiger partial charge on any atom is 0.342 e. The average Bonchev–Trinajstić information content (AvgIpc) is 3.41. The van der Waals surface area contributed by atoms with E-state index >= 15 is 0 Å². The third-order valence-electron chi connectivity index (χ3n) is 4.87. The van der Waals surface area contributed by atoms with Crippen molar-refractivity contribution in [2.45, 2.75) is 33.3 Å². The van der Waals surface area contributed by atoms with Crippen LogP contribution in [0.1, 0.15) is 41.2 Å². The number of furan rings is 1. The first-order valence-electron chi connectivity index (χ1n) is 10.4. The van der Waals surface area contributed by atoms with Crippen LogP contribution in [0.4, 0.5) is 10.2 Å². The summed E-state index contributed by atoms with van der Waals surface area (Å²) < 4.78 is 34.4. The lowest BCUT2D eigenvalue weighted by atomic mass is 10.2. The molecule has 1 aromatic carbocycles. The normalized spacial score (nSPS) is 11.0. The third kappa shape index (κ3) is 4.87. The Hall–Kier alpha value is -4.28. The van der Waals surface area contributed by atoms with Gasteiger partial charge in [-0.15, -0.1) is 0 Å². The van der Waals surface area contributed by atoms with Crippen LogP contribution in [0.5, 0.6) is 0 Å². The van der Waals surface area contributed by atoms with Gasteiger partial charge in [-0.3, -0.25) is 4.79 Å². The first-order valence-corrected chi connectivity index (χ1v) is 10.4. The van der Waals surface area contributed by atoms with Crippen LogP contribution in [-0.4, -0.2) is 33.5 Å². The molecular weight excluding hydrogens is 447 g/mol. The van der Waals surface area contributed by atoms with Gasteiger partial charge in [0.25, 0.3) is 0 Å². The zero-order valence-electron chi connectivity index (χ0n) is 18.5. The molecule has 0 saturated heterocycles. The molecule has 176 valence electrons. The number of hydrogen-bond acceptors (Lipinski definition) is 10. The van der Waals surface area contributed by atoms with Crippen LogP contribution in [-0.2, 0) is 27.3 Å². The Morgan fingerprint density at radius 1 is 1.12 bits per heavy atom. The van der Waals surface area contributed by atoms with Gasteiger partial charge in [0.05, 0.1) is 24.6 Å². The van der Waals surface area contributed by atoms with E-state index in [2.05, 4.69) is 15.0 Å². The van der Waals surface area contributed by atoms with Crippen LogP contribution in [0.25, 0.3) is 22.4 Å². The van der Waals surface area contributed by atoms with Crippen molar-refractivity contribution in [2.24, 2.45) is 0 Å². The minimum Gasteiger partial charge on any atom is -0.462 e. The van der Waals surface area contributed by atoms with Crippen molar-refractivity contribution < 1.29 is 32.3 Å². The number of nitrogens with zero attached hydrogens (tertiary/aromatic N) is 3. The molecule has 0 amide bonds. The molecule has 3 aromatic heterocycles. The molecule has 0 aliphatic carbocycles. The van der Waals surface area contributed by atoms with Crippen molar-refractivity contribution in [3.05, 3.63) is 59.3 Å². The zero-order chi connectivity index (χ0) is 24.2. The number of anilines is 1. The minimum absolute atomic E-state index is 0.00790. The number of oxazole rings is 1. The summed E-state index contributed by atoms with van der Waals surface area (Å²) in [6.07, 6.45) is 1.73. The first kappa shape index (κ1) is 22.9. The summed E-state index contributed by atoms with van der Waals surface area (Å²) in [4.78, 5) is 36.8. The zero-order valence-corrected chi connectivity index (χ0v) is 18.5. The Bertz CT molecular complexity index is 1350. The number of carbonyl (C=O) groups is 2. The van der Waals surface area contributed by atoms with E-state index in [0.29, 0.717) is 23.0 Å². The van der Waals surface area contributed by atoms with Crippen molar-refractivity contribution in [1.29, 1.82) is 0 Å². The Morgan fingerprint density at radius 2 is 1.88 bits per heavy atom. The highest BCUT2D eigenvalue weighted by atomic mass is 19.1. The van der Waals surface area contributed by atoms with E-state index in [9.17, 15) is 14.0 Å². The van der Waals surface area contributed by atoms with Gasteiger partial charge in [-0.05, 0) is 38.1 Å². The number of rotatable bonds is 8. The van der Waals surface area contributed by atoms with Gasteiger partial charge < -0.3 is 24.0 Å². The molecule has 4 rings (SSSR count). The second-order valence-corrected chi connectivity index (χ2v) is 7.24.